The van der Waals surface area contributed by atoms with Gasteiger partial charge in [0.05, 0.1) is 30.1 Å². The van der Waals surface area contributed by atoms with Gasteiger partial charge in [0, 0.05) is 22.2 Å². The largest absolute Gasteiger partial charge is 0.493 e. The number of rotatable bonds is 10. The van der Waals surface area contributed by atoms with Crippen LogP contribution in [0.5, 0.6) is 11.5 Å². The van der Waals surface area contributed by atoms with Crippen LogP contribution < -0.4 is 19.6 Å². The molecule has 3 aromatic heterocycles. The summed E-state index contributed by atoms with van der Waals surface area (Å²) in [6.45, 7) is 2.18. The van der Waals surface area contributed by atoms with Crippen LogP contribution in [0.15, 0.2) is 88.7 Å². The van der Waals surface area contributed by atoms with E-state index in [0.717, 1.165) is 40.2 Å². The molecule has 0 fully saturated rings. The Kier molecular flexibility index (Phi) is 8.39. The zero-order chi connectivity index (χ0) is 29.8. The first-order valence-corrected chi connectivity index (χ1v) is 15.6. The summed E-state index contributed by atoms with van der Waals surface area (Å²) >= 11 is 3.14. The minimum Gasteiger partial charge on any atom is -0.493 e. The van der Waals surface area contributed by atoms with E-state index in [1.165, 1.54) is 20.7 Å². The molecule has 8 nitrogen and oxygen atoms in total. The quantitative estimate of drug-likeness (QED) is 0.171. The lowest BCUT2D eigenvalue weighted by Gasteiger charge is -2.07. The Hall–Kier alpha value is -4.67. The SMILES string of the molecule is CCCSc1ccc(-c2nn(-c3ccccc3)cc2/C=c2\sc3nc(/C=C/c4ccc(OC)c(OC)c4)nn3c2=O)cc1. The highest BCUT2D eigenvalue weighted by atomic mass is 32.2. The highest BCUT2D eigenvalue weighted by Gasteiger charge is 2.14. The Morgan fingerprint density at radius 2 is 1.72 bits per heavy atom. The maximum atomic E-state index is 13.4. The maximum Gasteiger partial charge on any atom is 0.291 e. The lowest BCUT2D eigenvalue weighted by atomic mass is 10.1. The number of thiazole rings is 1. The van der Waals surface area contributed by atoms with E-state index < -0.39 is 0 Å². The standard InChI is InChI=1S/C33H29N5O3S2/c1-4-18-42-26-14-12-23(13-15-26)31-24(21-37(36-31)25-8-6-5-7-9-25)20-29-32(39)38-33(43-29)34-30(35-38)17-11-22-10-16-27(40-2)28(19-22)41-3/h5-17,19-21H,4,18H2,1-3H3/b17-11+,29-20-. The second-order valence-electron chi connectivity index (χ2n) is 9.61. The van der Waals surface area contributed by atoms with E-state index in [1.807, 2.05) is 83.3 Å². The molecular weight excluding hydrogens is 579 g/mol. The van der Waals surface area contributed by atoms with Gasteiger partial charge in [0.2, 0.25) is 4.96 Å². The van der Waals surface area contributed by atoms with Crippen molar-refractivity contribution in [3.05, 3.63) is 111 Å². The number of hydrogen-bond donors (Lipinski definition) is 0. The highest BCUT2D eigenvalue weighted by Crippen LogP contribution is 2.29. The van der Waals surface area contributed by atoms with Gasteiger partial charge in [0.25, 0.3) is 5.56 Å². The Labute approximate surface area is 256 Å². The van der Waals surface area contributed by atoms with Crippen molar-refractivity contribution in [2.75, 3.05) is 20.0 Å². The first-order valence-electron chi connectivity index (χ1n) is 13.8. The second kappa shape index (κ2) is 12.7. The summed E-state index contributed by atoms with van der Waals surface area (Å²) in [6, 6.07) is 24.0. The Balaban J connectivity index is 1.35. The first-order chi connectivity index (χ1) is 21.1. The molecule has 0 aliphatic carbocycles. The monoisotopic (exact) mass is 607 g/mol. The van der Waals surface area contributed by atoms with Crippen molar-refractivity contribution in [2.24, 2.45) is 0 Å². The molecule has 0 amide bonds. The summed E-state index contributed by atoms with van der Waals surface area (Å²) in [4.78, 5) is 19.7. The normalized spacial score (nSPS) is 12.0. The summed E-state index contributed by atoms with van der Waals surface area (Å²) in [5.74, 6) is 2.81. The summed E-state index contributed by atoms with van der Waals surface area (Å²) in [6.07, 6.45) is 8.60. The molecule has 0 radical (unpaired) electrons. The lowest BCUT2D eigenvalue weighted by molar-refractivity contribution is 0.355. The molecule has 0 bridgehead atoms. The van der Waals surface area contributed by atoms with Crippen LogP contribution in [0, 0.1) is 0 Å². The molecule has 0 unspecified atom stereocenters. The molecule has 0 aliphatic rings. The van der Waals surface area contributed by atoms with Gasteiger partial charge in [-0.25, -0.2) is 4.68 Å². The van der Waals surface area contributed by atoms with Crippen LogP contribution in [0.3, 0.4) is 0 Å². The van der Waals surface area contributed by atoms with Crippen molar-refractivity contribution in [3.8, 4) is 28.4 Å². The third-order valence-electron chi connectivity index (χ3n) is 6.68. The van der Waals surface area contributed by atoms with Crippen LogP contribution in [0.4, 0.5) is 0 Å². The van der Waals surface area contributed by atoms with Gasteiger partial charge in [-0.15, -0.1) is 16.9 Å². The van der Waals surface area contributed by atoms with E-state index in [9.17, 15) is 4.79 Å². The second-order valence-corrected chi connectivity index (χ2v) is 11.8. The average Bonchev–Trinajstić information content (AvgIpc) is 3.74. The van der Waals surface area contributed by atoms with E-state index in [0.29, 0.717) is 26.8 Å². The zero-order valence-corrected chi connectivity index (χ0v) is 25.6. The van der Waals surface area contributed by atoms with Crippen LogP contribution in [0.1, 0.15) is 30.3 Å². The van der Waals surface area contributed by atoms with Crippen LogP contribution in [-0.4, -0.2) is 44.4 Å². The number of aromatic nitrogens is 5. The number of nitrogens with zero attached hydrogens (tertiary/aromatic N) is 5. The fourth-order valence-corrected chi connectivity index (χ4v) is 6.22. The predicted molar refractivity (Wildman–Crippen MR) is 174 cm³/mol. The fraction of sp³-hybridized carbons (Fsp3) is 0.152. The summed E-state index contributed by atoms with van der Waals surface area (Å²) in [5, 5.41) is 9.37. The molecule has 43 heavy (non-hydrogen) atoms. The fourth-order valence-electron chi connectivity index (χ4n) is 4.55. The number of hydrogen-bond acceptors (Lipinski definition) is 8. The van der Waals surface area contributed by atoms with E-state index in [-0.39, 0.29) is 5.56 Å². The number of benzene rings is 3. The van der Waals surface area contributed by atoms with Crippen LogP contribution in [0.25, 0.3) is 40.1 Å². The first kappa shape index (κ1) is 28.4. The van der Waals surface area contributed by atoms with Gasteiger partial charge in [0.15, 0.2) is 17.3 Å². The maximum absolute atomic E-state index is 13.4. The van der Waals surface area contributed by atoms with Crippen LogP contribution in [0.2, 0.25) is 0 Å². The number of methoxy groups -OCH3 is 2. The predicted octanol–water partition coefficient (Wildman–Crippen LogP) is 6.24. The minimum atomic E-state index is -0.219. The Morgan fingerprint density at radius 3 is 2.44 bits per heavy atom. The average molecular weight is 608 g/mol. The smallest absolute Gasteiger partial charge is 0.291 e. The number of fused-ring (bicyclic) bond motifs is 1. The van der Waals surface area contributed by atoms with E-state index in [2.05, 4.69) is 41.3 Å². The third kappa shape index (κ3) is 6.11. The van der Waals surface area contributed by atoms with Gasteiger partial charge in [-0.1, -0.05) is 60.7 Å². The van der Waals surface area contributed by atoms with Crippen molar-refractivity contribution in [3.63, 3.8) is 0 Å². The number of thioether (sulfide) groups is 1. The molecule has 6 aromatic rings. The molecule has 3 aromatic carbocycles. The molecule has 0 spiro atoms. The Morgan fingerprint density at radius 1 is 0.930 bits per heavy atom. The minimum absolute atomic E-state index is 0.219. The highest BCUT2D eigenvalue weighted by molar-refractivity contribution is 7.99. The van der Waals surface area contributed by atoms with Crippen molar-refractivity contribution < 1.29 is 9.47 Å². The molecule has 0 N–H and O–H groups in total. The third-order valence-corrected chi connectivity index (χ3v) is 8.86. The molecule has 3 heterocycles. The number of ether oxygens (including phenoxy) is 2. The van der Waals surface area contributed by atoms with Crippen molar-refractivity contribution in [2.45, 2.75) is 18.2 Å². The lowest BCUT2D eigenvalue weighted by Crippen LogP contribution is -2.23. The van der Waals surface area contributed by atoms with E-state index in [4.69, 9.17) is 14.6 Å². The zero-order valence-electron chi connectivity index (χ0n) is 23.9. The van der Waals surface area contributed by atoms with Gasteiger partial charge in [-0.2, -0.15) is 14.6 Å². The molecule has 0 saturated carbocycles. The number of para-hydroxylation sites is 1. The molecule has 0 atom stereocenters. The molecular formula is C33H29N5O3S2. The van der Waals surface area contributed by atoms with Gasteiger partial charge in [-0.3, -0.25) is 4.79 Å². The van der Waals surface area contributed by atoms with Crippen LogP contribution >= 0.6 is 23.1 Å². The molecule has 6 rings (SSSR count). The van der Waals surface area contributed by atoms with Crippen LogP contribution in [-0.2, 0) is 0 Å². The summed E-state index contributed by atoms with van der Waals surface area (Å²) in [7, 11) is 3.20. The van der Waals surface area contributed by atoms with Gasteiger partial charge < -0.3 is 9.47 Å². The van der Waals surface area contributed by atoms with Gasteiger partial charge >= 0.3 is 0 Å². The molecule has 0 saturated heterocycles. The topological polar surface area (TPSA) is 83.5 Å². The Bertz CT molecular complexity index is 2010. The van der Waals surface area contributed by atoms with Crippen molar-refractivity contribution >= 4 is 46.3 Å². The van der Waals surface area contributed by atoms with Crippen molar-refractivity contribution in [1.82, 2.24) is 24.4 Å². The molecule has 10 heteroatoms. The molecule has 216 valence electrons. The van der Waals surface area contributed by atoms with Gasteiger partial charge in [-0.05, 0) is 66.3 Å². The van der Waals surface area contributed by atoms with Gasteiger partial charge in [0.1, 0.15) is 0 Å². The summed E-state index contributed by atoms with van der Waals surface area (Å²) in [5.41, 5.74) is 4.24. The molecule has 0 aliphatic heterocycles. The summed E-state index contributed by atoms with van der Waals surface area (Å²) < 4.78 is 14.4. The van der Waals surface area contributed by atoms with E-state index in [1.54, 1.807) is 20.3 Å². The van der Waals surface area contributed by atoms with Crippen molar-refractivity contribution in [1.29, 1.82) is 0 Å². The van der Waals surface area contributed by atoms with E-state index >= 15 is 0 Å².